The summed E-state index contributed by atoms with van der Waals surface area (Å²) in [6.45, 7) is 2.75. The predicted molar refractivity (Wildman–Crippen MR) is 87.2 cm³/mol. The maximum Gasteiger partial charge on any atom is 0.322 e. The Balaban J connectivity index is 2.83. The molecule has 25 heavy (non-hydrogen) atoms. The number of likely N-dealkylation sites (tertiary alicyclic amines) is 1. The Bertz CT molecular complexity index is 524. The first-order valence-electron chi connectivity index (χ1n) is 8.15. The van der Waals surface area contributed by atoms with E-state index >= 15 is 0 Å². The number of carbonyl (C=O) groups excluding carboxylic acids is 3. The maximum absolute atomic E-state index is 12.8. The number of nitrogens with two attached hydrogens (primary N) is 1. The molecule has 0 bridgehead atoms. The molecule has 3 amide bonds. The van der Waals surface area contributed by atoms with E-state index < -0.39 is 55.0 Å². The zero-order valence-electron chi connectivity index (χ0n) is 14.4. The van der Waals surface area contributed by atoms with Gasteiger partial charge < -0.3 is 31.5 Å². The number of aliphatic carboxylic acids is 1. The van der Waals surface area contributed by atoms with E-state index in [0.29, 0.717) is 19.4 Å². The average molecular weight is 358 g/mol. The minimum Gasteiger partial charge on any atom is -0.480 e. The monoisotopic (exact) mass is 358 g/mol. The molecule has 0 aliphatic carbocycles. The quantitative estimate of drug-likeness (QED) is 0.324. The van der Waals surface area contributed by atoms with Crippen LogP contribution in [0.2, 0.25) is 0 Å². The van der Waals surface area contributed by atoms with Crippen molar-refractivity contribution in [2.24, 2.45) is 11.7 Å². The van der Waals surface area contributed by atoms with Gasteiger partial charge in [-0.15, -0.1) is 0 Å². The van der Waals surface area contributed by atoms with E-state index in [2.05, 4.69) is 10.6 Å². The first-order valence-corrected chi connectivity index (χ1v) is 8.15. The van der Waals surface area contributed by atoms with Gasteiger partial charge in [-0.05, 0) is 18.8 Å². The number of amides is 3. The van der Waals surface area contributed by atoms with Crippen molar-refractivity contribution in [3.05, 3.63) is 0 Å². The molecule has 3 atom stereocenters. The van der Waals surface area contributed by atoms with Gasteiger partial charge in [0.05, 0.1) is 6.61 Å². The van der Waals surface area contributed by atoms with Gasteiger partial charge in [0, 0.05) is 6.54 Å². The summed E-state index contributed by atoms with van der Waals surface area (Å²) >= 11 is 0. The fraction of sp³-hybridized carbons (Fsp3) is 0.733. The Hall–Kier alpha value is -2.20. The third-order valence-corrected chi connectivity index (χ3v) is 4.02. The lowest BCUT2D eigenvalue weighted by Gasteiger charge is -2.30. The molecule has 1 saturated heterocycles. The van der Waals surface area contributed by atoms with Crippen LogP contribution in [0.25, 0.3) is 0 Å². The van der Waals surface area contributed by atoms with Crippen LogP contribution in [0.3, 0.4) is 0 Å². The second-order valence-electron chi connectivity index (χ2n) is 6.32. The number of rotatable bonds is 8. The summed E-state index contributed by atoms with van der Waals surface area (Å²) < 4.78 is 0. The highest BCUT2D eigenvalue weighted by atomic mass is 16.4. The number of carbonyl (C=O) groups is 4. The zero-order chi connectivity index (χ0) is 19.1. The van der Waals surface area contributed by atoms with Crippen molar-refractivity contribution in [2.75, 3.05) is 19.7 Å². The Labute approximate surface area is 145 Å². The van der Waals surface area contributed by atoms with Crippen LogP contribution in [-0.2, 0) is 19.2 Å². The molecule has 142 valence electrons. The van der Waals surface area contributed by atoms with Gasteiger partial charge in [0.15, 0.2) is 0 Å². The lowest BCUT2D eigenvalue weighted by Crippen LogP contribution is -2.57. The van der Waals surface area contributed by atoms with Crippen LogP contribution < -0.4 is 16.4 Å². The average Bonchev–Trinajstić information content (AvgIpc) is 3.05. The molecular formula is C15H26N4O6. The van der Waals surface area contributed by atoms with E-state index in [1.165, 1.54) is 4.90 Å². The van der Waals surface area contributed by atoms with Gasteiger partial charge in [-0.2, -0.15) is 0 Å². The highest BCUT2D eigenvalue weighted by Crippen LogP contribution is 2.20. The van der Waals surface area contributed by atoms with Gasteiger partial charge in [-0.1, -0.05) is 13.8 Å². The molecule has 0 spiro atoms. The standard InChI is InChI=1S/C15H26N4O6/c1-8(2)12(18-13(23)9(16)7-20)15(25)19-5-3-4-10(19)14(24)17-6-11(21)22/h8-10,12,20H,3-7,16H2,1-2H3,(H,17,24)(H,18,23)(H,21,22). The Morgan fingerprint density at radius 3 is 2.44 bits per heavy atom. The molecule has 1 aliphatic heterocycles. The van der Waals surface area contributed by atoms with E-state index in [4.69, 9.17) is 15.9 Å². The van der Waals surface area contributed by atoms with Crippen molar-refractivity contribution in [3.8, 4) is 0 Å². The molecule has 10 nitrogen and oxygen atoms in total. The first-order chi connectivity index (χ1) is 11.7. The number of aliphatic hydroxyl groups excluding tert-OH is 1. The van der Waals surface area contributed by atoms with Gasteiger partial charge in [0.25, 0.3) is 0 Å². The number of carboxylic acid groups (broad SMARTS) is 1. The number of aliphatic hydroxyl groups is 1. The molecule has 0 aromatic heterocycles. The number of hydrogen-bond acceptors (Lipinski definition) is 6. The Morgan fingerprint density at radius 2 is 1.92 bits per heavy atom. The van der Waals surface area contributed by atoms with Gasteiger partial charge >= 0.3 is 5.97 Å². The van der Waals surface area contributed by atoms with Gasteiger partial charge in [0.2, 0.25) is 17.7 Å². The lowest BCUT2D eigenvalue weighted by molar-refractivity contribution is -0.143. The van der Waals surface area contributed by atoms with Crippen molar-refractivity contribution >= 4 is 23.7 Å². The highest BCUT2D eigenvalue weighted by molar-refractivity contribution is 5.94. The fourth-order valence-electron chi connectivity index (χ4n) is 2.62. The number of hydrogen-bond donors (Lipinski definition) is 5. The minimum atomic E-state index is -1.17. The molecule has 0 radical (unpaired) electrons. The second-order valence-corrected chi connectivity index (χ2v) is 6.32. The summed E-state index contributed by atoms with van der Waals surface area (Å²) in [5, 5.41) is 22.4. The van der Waals surface area contributed by atoms with Gasteiger partial charge in [-0.3, -0.25) is 19.2 Å². The molecule has 1 rings (SSSR count). The van der Waals surface area contributed by atoms with Gasteiger partial charge in [0.1, 0.15) is 24.7 Å². The maximum atomic E-state index is 12.8. The molecule has 3 unspecified atom stereocenters. The third kappa shape index (κ3) is 5.68. The van der Waals surface area contributed by atoms with Gasteiger partial charge in [-0.25, -0.2) is 0 Å². The smallest absolute Gasteiger partial charge is 0.322 e. The van der Waals surface area contributed by atoms with Crippen LogP contribution in [0, 0.1) is 5.92 Å². The van der Waals surface area contributed by atoms with E-state index in [-0.39, 0.29) is 5.92 Å². The SMILES string of the molecule is CC(C)C(NC(=O)C(N)CO)C(=O)N1CCCC1C(=O)NCC(=O)O. The summed E-state index contributed by atoms with van der Waals surface area (Å²) in [7, 11) is 0. The topological polar surface area (TPSA) is 162 Å². The molecular weight excluding hydrogens is 332 g/mol. The normalized spacial score (nSPS) is 19.4. The molecule has 1 aliphatic rings. The number of nitrogens with zero attached hydrogens (tertiary/aromatic N) is 1. The summed E-state index contributed by atoms with van der Waals surface area (Å²) in [6.07, 6.45) is 1.03. The first kappa shape index (κ1) is 20.8. The summed E-state index contributed by atoms with van der Waals surface area (Å²) in [5.74, 6) is -3.04. The third-order valence-electron chi connectivity index (χ3n) is 4.02. The number of carboxylic acids is 1. The summed E-state index contributed by atoms with van der Waals surface area (Å²) in [5.41, 5.74) is 5.46. The second kappa shape index (κ2) is 9.33. The predicted octanol–water partition coefficient (Wildman–Crippen LogP) is -2.36. The molecule has 6 N–H and O–H groups in total. The largest absolute Gasteiger partial charge is 0.480 e. The van der Waals surface area contributed by atoms with Crippen molar-refractivity contribution in [1.82, 2.24) is 15.5 Å². The Morgan fingerprint density at radius 1 is 1.28 bits per heavy atom. The van der Waals surface area contributed by atoms with Crippen LogP contribution >= 0.6 is 0 Å². The van der Waals surface area contributed by atoms with Crippen LogP contribution in [0.4, 0.5) is 0 Å². The lowest BCUT2D eigenvalue weighted by atomic mass is 10.0. The van der Waals surface area contributed by atoms with Crippen molar-refractivity contribution in [2.45, 2.75) is 44.8 Å². The van der Waals surface area contributed by atoms with Crippen molar-refractivity contribution < 1.29 is 29.4 Å². The zero-order valence-corrected chi connectivity index (χ0v) is 14.4. The summed E-state index contributed by atoms with van der Waals surface area (Å²) in [6, 6.07) is -2.79. The van der Waals surface area contributed by atoms with E-state index in [0.717, 1.165) is 0 Å². The molecule has 0 aromatic carbocycles. The van der Waals surface area contributed by atoms with Crippen LogP contribution in [0.1, 0.15) is 26.7 Å². The molecule has 10 heteroatoms. The van der Waals surface area contributed by atoms with Crippen LogP contribution in [0.5, 0.6) is 0 Å². The molecule has 1 heterocycles. The Kier molecular flexibility index (Phi) is 7.78. The summed E-state index contributed by atoms with van der Waals surface area (Å²) in [4.78, 5) is 48.7. The van der Waals surface area contributed by atoms with E-state index in [9.17, 15) is 19.2 Å². The molecule has 0 aromatic rings. The van der Waals surface area contributed by atoms with Crippen molar-refractivity contribution in [1.29, 1.82) is 0 Å². The molecule has 0 saturated carbocycles. The minimum absolute atomic E-state index is 0.259. The number of nitrogens with one attached hydrogen (secondary N) is 2. The van der Waals surface area contributed by atoms with Crippen LogP contribution in [-0.4, -0.2) is 76.6 Å². The fourth-order valence-corrected chi connectivity index (χ4v) is 2.62. The molecule has 1 fully saturated rings. The van der Waals surface area contributed by atoms with E-state index in [1.807, 2.05) is 0 Å². The van der Waals surface area contributed by atoms with E-state index in [1.54, 1.807) is 13.8 Å². The highest BCUT2D eigenvalue weighted by Gasteiger charge is 2.38. The van der Waals surface area contributed by atoms with Crippen molar-refractivity contribution in [3.63, 3.8) is 0 Å². The van der Waals surface area contributed by atoms with Crippen LogP contribution in [0.15, 0.2) is 0 Å².